The highest BCUT2D eigenvalue weighted by Gasteiger charge is 2.13. The van der Waals surface area contributed by atoms with Gasteiger partial charge in [0.2, 0.25) is 0 Å². The third kappa shape index (κ3) is 3.15. The van der Waals surface area contributed by atoms with Crippen LogP contribution in [-0.4, -0.2) is 17.3 Å². The van der Waals surface area contributed by atoms with E-state index in [1.807, 2.05) is 18.2 Å². The number of rotatable bonds is 3. The van der Waals surface area contributed by atoms with Gasteiger partial charge in [-0.2, -0.15) is 5.10 Å². The Balaban J connectivity index is 2.10. The molecule has 3 aromatic rings. The fourth-order valence-electron chi connectivity index (χ4n) is 2.46. The fraction of sp³-hybridized carbons (Fsp3) is 0.125. The summed E-state index contributed by atoms with van der Waals surface area (Å²) in [5.74, 6) is 0.619. The Bertz CT molecular complexity index is 899. The molecule has 0 spiro atoms. The minimum Gasteiger partial charge on any atom is -0.495 e. The lowest BCUT2D eigenvalue weighted by Gasteiger charge is -2.10. The van der Waals surface area contributed by atoms with E-state index in [9.17, 15) is 0 Å². The molecule has 118 valence electrons. The molecule has 0 unspecified atom stereocenters. The van der Waals surface area contributed by atoms with Crippen LogP contribution in [0.15, 0.2) is 30.3 Å². The van der Waals surface area contributed by atoms with Gasteiger partial charge in [0, 0.05) is 27.9 Å². The number of aromatic nitrogens is 2. The molecule has 0 aliphatic rings. The quantitative estimate of drug-likeness (QED) is 0.676. The van der Waals surface area contributed by atoms with E-state index in [-0.39, 0.29) is 5.15 Å². The molecule has 23 heavy (non-hydrogen) atoms. The van der Waals surface area contributed by atoms with Crippen molar-refractivity contribution in [2.45, 2.75) is 6.42 Å². The molecule has 0 atom stereocenters. The zero-order chi connectivity index (χ0) is 16.6. The van der Waals surface area contributed by atoms with Crippen LogP contribution >= 0.6 is 34.8 Å². The smallest absolute Gasteiger partial charge is 0.159 e. The molecule has 0 aliphatic heterocycles. The number of methoxy groups -OCH3 is 1. The van der Waals surface area contributed by atoms with E-state index in [0.29, 0.717) is 39.0 Å². The van der Waals surface area contributed by atoms with Gasteiger partial charge in [-0.25, -0.2) is 0 Å². The molecule has 0 amide bonds. The monoisotopic (exact) mass is 367 g/mol. The fourth-order valence-corrected chi connectivity index (χ4v) is 3.15. The highest BCUT2D eigenvalue weighted by molar-refractivity contribution is 6.36. The van der Waals surface area contributed by atoms with Crippen LogP contribution < -0.4 is 10.5 Å². The molecular weight excluding hydrogens is 357 g/mol. The summed E-state index contributed by atoms with van der Waals surface area (Å²) in [6, 6.07) is 8.96. The standard InChI is InChI=1S/C16H12Cl3N3O/c1-23-14-3-2-8(4-11(14)18)5-13-15-10(16(19)22-21-13)6-9(17)7-12(15)20/h2-4,6-7H,5,20H2,1H3. The molecule has 3 rings (SSSR count). The normalized spacial score (nSPS) is 11.0. The first-order valence-corrected chi connectivity index (χ1v) is 7.85. The molecule has 0 saturated carbocycles. The molecule has 0 radical (unpaired) electrons. The second-order valence-electron chi connectivity index (χ2n) is 5.00. The summed E-state index contributed by atoms with van der Waals surface area (Å²) in [6.45, 7) is 0. The van der Waals surface area contributed by atoms with Crippen LogP contribution in [0.3, 0.4) is 0 Å². The van der Waals surface area contributed by atoms with Crippen molar-refractivity contribution < 1.29 is 4.74 Å². The summed E-state index contributed by atoms with van der Waals surface area (Å²) in [5.41, 5.74) is 8.28. The van der Waals surface area contributed by atoms with Gasteiger partial charge in [-0.1, -0.05) is 40.9 Å². The van der Waals surface area contributed by atoms with Crippen LogP contribution in [0.25, 0.3) is 10.8 Å². The van der Waals surface area contributed by atoms with Crippen LogP contribution in [0.1, 0.15) is 11.3 Å². The van der Waals surface area contributed by atoms with Crippen molar-refractivity contribution in [1.29, 1.82) is 0 Å². The number of fused-ring (bicyclic) bond motifs is 1. The topological polar surface area (TPSA) is 61.0 Å². The van der Waals surface area contributed by atoms with Gasteiger partial charge in [0.1, 0.15) is 5.75 Å². The minimum atomic E-state index is 0.269. The molecule has 2 aromatic carbocycles. The van der Waals surface area contributed by atoms with E-state index in [1.54, 1.807) is 19.2 Å². The van der Waals surface area contributed by atoms with Crippen LogP contribution in [0.2, 0.25) is 15.2 Å². The predicted octanol–water partition coefficient (Wildman–Crippen LogP) is 4.77. The summed E-state index contributed by atoms with van der Waals surface area (Å²) in [5, 5.41) is 10.9. The third-order valence-corrected chi connectivity index (χ3v) is 4.28. The van der Waals surface area contributed by atoms with Crippen molar-refractivity contribution in [3.8, 4) is 5.75 Å². The Morgan fingerprint density at radius 2 is 1.87 bits per heavy atom. The first-order valence-electron chi connectivity index (χ1n) is 6.72. The molecule has 7 heteroatoms. The summed E-state index contributed by atoms with van der Waals surface area (Å²) < 4.78 is 5.16. The van der Waals surface area contributed by atoms with Crippen molar-refractivity contribution >= 4 is 51.3 Å². The van der Waals surface area contributed by atoms with Gasteiger partial charge < -0.3 is 10.5 Å². The number of ether oxygens (including phenoxy) is 1. The van der Waals surface area contributed by atoms with Crippen molar-refractivity contribution in [1.82, 2.24) is 10.2 Å². The largest absolute Gasteiger partial charge is 0.495 e. The lowest BCUT2D eigenvalue weighted by molar-refractivity contribution is 0.415. The number of anilines is 1. The minimum absolute atomic E-state index is 0.269. The lowest BCUT2D eigenvalue weighted by Crippen LogP contribution is -2.01. The molecule has 0 bridgehead atoms. The Hall–Kier alpha value is -1.75. The molecule has 0 fully saturated rings. The number of nitrogen functional groups attached to an aromatic ring is 1. The summed E-state index contributed by atoms with van der Waals surface area (Å²) in [6.07, 6.45) is 0.510. The number of hydrogen-bond acceptors (Lipinski definition) is 4. The van der Waals surface area contributed by atoms with Crippen LogP contribution in [-0.2, 0) is 6.42 Å². The molecule has 0 aliphatic carbocycles. The Morgan fingerprint density at radius 1 is 1.09 bits per heavy atom. The van der Waals surface area contributed by atoms with Gasteiger partial charge in [0.05, 0.1) is 17.8 Å². The van der Waals surface area contributed by atoms with E-state index in [2.05, 4.69) is 10.2 Å². The van der Waals surface area contributed by atoms with Gasteiger partial charge in [0.25, 0.3) is 0 Å². The lowest BCUT2D eigenvalue weighted by atomic mass is 10.0. The number of nitrogens with zero attached hydrogens (tertiary/aromatic N) is 2. The first kappa shape index (κ1) is 16.1. The summed E-state index contributed by atoms with van der Waals surface area (Å²) in [7, 11) is 1.57. The van der Waals surface area contributed by atoms with Gasteiger partial charge >= 0.3 is 0 Å². The molecule has 2 N–H and O–H groups in total. The zero-order valence-electron chi connectivity index (χ0n) is 12.1. The highest BCUT2D eigenvalue weighted by Crippen LogP contribution is 2.33. The van der Waals surface area contributed by atoms with Crippen LogP contribution in [0, 0.1) is 0 Å². The summed E-state index contributed by atoms with van der Waals surface area (Å²) >= 11 is 18.3. The van der Waals surface area contributed by atoms with E-state index in [0.717, 1.165) is 10.9 Å². The number of nitrogens with two attached hydrogens (primary N) is 1. The second-order valence-corrected chi connectivity index (χ2v) is 6.20. The average Bonchev–Trinajstić information content (AvgIpc) is 2.50. The maximum absolute atomic E-state index is 6.17. The van der Waals surface area contributed by atoms with Gasteiger partial charge in [-0.3, -0.25) is 0 Å². The first-order chi connectivity index (χ1) is 11.0. The van der Waals surface area contributed by atoms with Crippen LogP contribution in [0.4, 0.5) is 5.69 Å². The van der Waals surface area contributed by atoms with Gasteiger partial charge in [-0.15, -0.1) is 5.10 Å². The van der Waals surface area contributed by atoms with E-state index >= 15 is 0 Å². The van der Waals surface area contributed by atoms with Gasteiger partial charge in [-0.05, 0) is 29.8 Å². The van der Waals surface area contributed by atoms with Crippen LogP contribution in [0.5, 0.6) is 5.75 Å². The van der Waals surface area contributed by atoms with E-state index in [1.165, 1.54) is 0 Å². The van der Waals surface area contributed by atoms with Gasteiger partial charge in [0.15, 0.2) is 5.15 Å². The Labute approximate surface area is 148 Å². The van der Waals surface area contributed by atoms with Crippen molar-refractivity contribution in [3.05, 3.63) is 56.8 Å². The number of benzene rings is 2. The number of halogens is 3. The van der Waals surface area contributed by atoms with E-state index < -0.39 is 0 Å². The van der Waals surface area contributed by atoms with Crippen molar-refractivity contribution in [3.63, 3.8) is 0 Å². The van der Waals surface area contributed by atoms with Crippen molar-refractivity contribution in [2.24, 2.45) is 0 Å². The zero-order valence-corrected chi connectivity index (χ0v) is 14.4. The average molecular weight is 369 g/mol. The highest BCUT2D eigenvalue weighted by atomic mass is 35.5. The predicted molar refractivity (Wildman–Crippen MR) is 94.8 cm³/mol. The second kappa shape index (κ2) is 6.40. The third-order valence-electron chi connectivity index (χ3n) is 3.49. The van der Waals surface area contributed by atoms with E-state index in [4.69, 9.17) is 45.3 Å². The van der Waals surface area contributed by atoms with Crippen molar-refractivity contribution in [2.75, 3.05) is 12.8 Å². The molecule has 1 heterocycles. The molecule has 0 saturated heterocycles. The molecule has 1 aromatic heterocycles. The summed E-state index contributed by atoms with van der Waals surface area (Å²) in [4.78, 5) is 0. The maximum Gasteiger partial charge on any atom is 0.159 e. The maximum atomic E-state index is 6.17. The SMILES string of the molecule is COc1ccc(Cc2nnc(Cl)c3cc(Cl)cc(N)c23)cc1Cl. The Kier molecular flexibility index (Phi) is 4.48. The molecular formula is C16H12Cl3N3O. The Morgan fingerprint density at radius 3 is 2.57 bits per heavy atom. The number of hydrogen-bond donors (Lipinski definition) is 1. The molecule has 4 nitrogen and oxygen atoms in total.